The van der Waals surface area contributed by atoms with E-state index in [0.717, 1.165) is 21.6 Å². The van der Waals surface area contributed by atoms with E-state index >= 15 is 0 Å². The largest absolute Gasteiger partial charge is 0.384 e. The van der Waals surface area contributed by atoms with Gasteiger partial charge >= 0.3 is 0 Å². The second kappa shape index (κ2) is 6.21. The first-order valence-electron chi connectivity index (χ1n) is 7.41. The lowest BCUT2D eigenvalue weighted by Gasteiger charge is -2.10. The highest BCUT2D eigenvalue weighted by Gasteiger charge is 2.10. The number of aromatic nitrogens is 4. The molecule has 0 fully saturated rings. The van der Waals surface area contributed by atoms with Crippen LogP contribution in [0.15, 0.2) is 54.0 Å². The Balaban J connectivity index is 1.73. The number of nitrogens with zero attached hydrogens (tertiary/aromatic N) is 4. The molecule has 1 aromatic carbocycles. The second-order valence-electron chi connectivity index (χ2n) is 5.14. The molecule has 4 aromatic rings. The molecule has 0 saturated carbocycles. The van der Waals surface area contributed by atoms with Crippen LogP contribution in [0.4, 0.5) is 11.6 Å². The van der Waals surface area contributed by atoms with E-state index in [9.17, 15) is 0 Å². The Bertz CT molecular complexity index is 983. The highest BCUT2D eigenvalue weighted by atomic mass is 32.1. The van der Waals surface area contributed by atoms with Crippen LogP contribution in [-0.4, -0.2) is 19.9 Å². The third-order valence-electron chi connectivity index (χ3n) is 3.49. The molecule has 3 aromatic heterocycles. The van der Waals surface area contributed by atoms with Crippen molar-refractivity contribution in [3.8, 4) is 10.7 Å². The standard InChI is InChI=1S/C17H14N6S/c18-14-7-8-19-15(22-14)10-20-16-11-4-1-2-5-12(11)21-17(23-16)13-6-3-9-24-13/h1-9H,10H2,(H2,18,19,22)(H,20,21,23). The molecule has 0 unspecified atom stereocenters. The van der Waals surface area contributed by atoms with Crippen molar-refractivity contribution in [2.45, 2.75) is 6.54 Å². The second-order valence-corrected chi connectivity index (χ2v) is 6.09. The predicted octanol–water partition coefficient (Wildman–Crippen LogP) is 3.34. The summed E-state index contributed by atoms with van der Waals surface area (Å²) in [7, 11) is 0. The molecule has 4 rings (SSSR count). The van der Waals surface area contributed by atoms with Gasteiger partial charge in [-0.05, 0) is 29.6 Å². The maximum absolute atomic E-state index is 5.70. The average molecular weight is 334 g/mol. The molecule has 0 bridgehead atoms. The summed E-state index contributed by atoms with van der Waals surface area (Å²) in [5.41, 5.74) is 6.60. The summed E-state index contributed by atoms with van der Waals surface area (Å²) in [4.78, 5) is 18.8. The van der Waals surface area contributed by atoms with E-state index in [-0.39, 0.29) is 0 Å². The Kier molecular flexibility index (Phi) is 3.76. The van der Waals surface area contributed by atoms with Gasteiger partial charge in [0, 0.05) is 11.6 Å². The molecule has 0 aliphatic rings. The van der Waals surface area contributed by atoms with Crippen LogP contribution in [0.1, 0.15) is 5.82 Å². The van der Waals surface area contributed by atoms with Gasteiger partial charge in [0.2, 0.25) is 0 Å². The van der Waals surface area contributed by atoms with Crippen LogP contribution < -0.4 is 11.1 Å². The fourth-order valence-electron chi connectivity index (χ4n) is 2.39. The van der Waals surface area contributed by atoms with E-state index in [0.29, 0.717) is 24.0 Å². The van der Waals surface area contributed by atoms with Crippen LogP contribution in [0, 0.1) is 0 Å². The fourth-order valence-corrected chi connectivity index (χ4v) is 3.05. The van der Waals surface area contributed by atoms with Crippen molar-refractivity contribution in [1.82, 2.24) is 19.9 Å². The van der Waals surface area contributed by atoms with Gasteiger partial charge in [-0.2, -0.15) is 0 Å². The number of anilines is 2. The summed E-state index contributed by atoms with van der Waals surface area (Å²) in [5, 5.41) is 6.28. The van der Waals surface area contributed by atoms with Gasteiger partial charge in [-0.3, -0.25) is 0 Å². The Morgan fingerprint density at radius 3 is 2.75 bits per heavy atom. The molecule has 118 valence electrons. The van der Waals surface area contributed by atoms with Crippen molar-refractivity contribution in [1.29, 1.82) is 0 Å². The lowest BCUT2D eigenvalue weighted by Crippen LogP contribution is -2.08. The minimum absolute atomic E-state index is 0.440. The number of nitrogens with two attached hydrogens (primary N) is 1. The average Bonchev–Trinajstić information content (AvgIpc) is 3.14. The molecule has 0 atom stereocenters. The van der Waals surface area contributed by atoms with Crippen molar-refractivity contribution in [3.63, 3.8) is 0 Å². The van der Waals surface area contributed by atoms with Crippen molar-refractivity contribution < 1.29 is 0 Å². The summed E-state index contributed by atoms with van der Waals surface area (Å²) in [6.45, 7) is 0.440. The third kappa shape index (κ3) is 2.89. The monoisotopic (exact) mass is 334 g/mol. The van der Waals surface area contributed by atoms with Gasteiger partial charge in [0.25, 0.3) is 0 Å². The number of para-hydroxylation sites is 1. The summed E-state index contributed by atoms with van der Waals surface area (Å²) >= 11 is 1.62. The maximum Gasteiger partial charge on any atom is 0.172 e. The molecule has 6 nitrogen and oxygen atoms in total. The maximum atomic E-state index is 5.70. The number of thiophene rings is 1. The van der Waals surface area contributed by atoms with Crippen LogP contribution >= 0.6 is 11.3 Å². The van der Waals surface area contributed by atoms with Crippen LogP contribution in [-0.2, 0) is 6.54 Å². The highest BCUT2D eigenvalue weighted by Crippen LogP contribution is 2.27. The molecule has 0 aliphatic heterocycles. The van der Waals surface area contributed by atoms with Gasteiger partial charge in [-0.1, -0.05) is 18.2 Å². The summed E-state index contributed by atoms with van der Waals surface area (Å²) < 4.78 is 0. The van der Waals surface area contributed by atoms with E-state index in [1.54, 1.807) is 23.6 Å². The van der Waals surface area contributed by atoms with Crippen LogP contribution in [0.3, 0.4) is 0 Å². The zero-order valence-corrected chi connectivity index (χ0v) is 13.5. The van der Waals surface area contributed by atoms with Crippen molar-refractivity contribution in [2.75, 3.05) is 11.1 Å². The lowest BCUT2D eigenvalue weighted by atomic mass is 10.2. The first-order valence-corrected chi connectivity index (χ1v) is 8.29. The van der Waals surface area contributed by atoms with Crippen molar-refractivity contribution >= 4 is 33.9 Å². The van der Waals surface area contributed by atoms with E-state index in [1.165, 1.54) is 0 Å². The Hall–Kier alpha value is -3.06. The van der Waals surface area contributed by atoms with Gasteiger partial charge in [-0.15, -0.1) is 11.3 Å². The number of hydrogen-bond acceptors (Lipinski definition) is 7. The van der Waals surface area contributed by atoms with E-state index in [4.69, 9.17) is 5.73 Å². The van der Waals surface area contributed by atoms with Crippen LogP contribution in [0.5, 0.6) is 0 Å². The highest BCUT2D eigenvalue weighted by molar-refractivity contribution is 7.13. The minimum atomic E-state index is 0.440. The zero-order valence-electron chi connectivity index (χ0n) is 12.7. The first-order chi connectivity index (χ1) is 11.8. The molecule has 3 heterocycles. The molecular weight excluding hydrogens is 320 g/mol. The van der Waals surface area contributed by atoms with Gasteiger partial charge < -0.3 is 11.1 Å². The van der Waals surface area contributed by atoms with Crippen LogP contribution in [0.25, 0.3) is 21.6 Å². The molecule has 0 aliphatic carbocycles. The fraction of sp³-hybridized carbons (Fsp3) is 0.0588. The summed E-state index contributed by atoms with van der Waals surface area (Å²) in [6.07, 6.45) is 1.65. The molecule has 0 saturated heterocycles. The number of fused-ring (bicyclic) bond motifs is 1. The Labute approximate surface area is 142 Å². The topological polar surface area (TPSA) is 89.6 Å². The number of rotatable bonds is 4. The Morgan fingerprint density at radius 1 is 1.00 bits per heavy atom. The molecule has 24 heavy (non-hydrogen) atoms. The number of hydrogen-bond donors (Lipinski definition) is 2. The van der Waals surface area contributed by atoms with E-state index in [1.807, 2.05) is 41.8 Å². The van der Waals surface area contributed by atoms with E-state index < -0.39 is 0 Å². The quantitative estimate of drug-likeness (QED) is 0.595. The number of benzene rings is 1. The summed E-state index contributed by atoms with van der Waals surface area (Å²) in [5.74, 6) is 2.54. The smallest absolute Gasteiger partial charge is 0.172 e. The lowest BCUT2D eigenvalue weighted by molar-refractivity contribution is 0.947. The van der Waals surface area contributed by atoms with Gasteiger partial charge in [-0.25, -0.2) is 19.9 Å². The number of nitrogens with one attached hydrogen (secondary N) is 1. The SMILES string of the molecule is Nc1ccnc(CNc2nc(-c3cccs3)nc3ccccc23)n1. The normalized spacial score (nSPS) is 10.8. The molecule has 0 radical (unpaired) electrons. The predicted molar refractivity (Wildman–Crippen MR) is 96.6 cm³/mol. The molecule has 3 N–H and O–H groups in total. The molecule has 0 amide bonds. The zero-order chi connectivity index (χ0) is 16.4. The molecule has 7 heteroatoms. The molecular formula is C17H14N6S. The number of nitrogen functional groups attached to an aromatic ring is 1. The molecule has 0 spiro atoms. The van der Waals surface area contributed by atoms with E-state index in [2.05, 4.69) is 25.3 Å². The van der Waals surface area contributed by atoms with Crippen molar-refractivity contribution in [2.24, 2.45) is 0 Å². The van der Waals surface area contributed by atoms with Crippen molar-refractivity contribution in [3.05, 3.63) is 59.9 Å². The minimum Gasteiger partial charge on any atom is -0.384 e. The van der Waals surface area contributed by atoms with Gasteiger partial charge in [0.05, 0.1) is 16.9 Å². The Morgan fingerprint density at radius 2 is 1.92 bits per heavy atom. The van der Waals surface area contributed by atoms with Crippen LogP contribution in [0.2, 0.25) is 0 Å². The van der Waals surface area contributed by atoms with Gasteiger partial charge in [0.15, 0.2) is 5.82 Å². The summed E-state index contributed by atoms with van der Waals surface area (Å²) in [6, 6.07) is 13.6. The van der Waals surface area contributed by atoms with Gasteiger partial charge in [0.1, 0.15) is 17.5 Å². The third-order valence-corrected chi connectivity index (χ3v) is 4.35. The first kappa shape index (κ1) is 14.5.